The summed E-state index contributed by atoms with van der Waals surface area (Å²) in [6, 6.07) is 0. The van der Waals surface area contributed by atoms with E-state index in [-0.39, 0.29) is 0 Å². The summed E-state index contributed by atoms with van der Waals surface area (Å²) < 4.78 is 5.18. The summed E-state index contributed by atoms with van der Waals surface area (Å²) in [4.78, 5) is 0. The van der Waals surface area contributed by atoms with Gasteiger partial charge in [0.05, 0.1) is 13.2 Å². The minimum atomic E-state index is 0.881. The van der Waals surface area contributed by atoms with Gasteiger partial charge in [0, 0.05) is 5.92 Å². The fraction of sp³-hybridized carbons (Fsp3) is 1.00. The molecule has 1 atom stereocenters. The topological polar surface area (TPSA) is 9.23 Å². The highest BCUT2D eigenvalue weighted by molar-refractivity contribution is 4.71. The molecule has 1 aliphatic rings. The summed E-state index contributed by atoms with van der Waals surface area (Å²) in [6.45, 7) is 6.69. The Hall–Kier alpha value is -0.0400. The average Bonchev–Trinajstić information content (AvgIpc) is 1.95. The highest BCUT2D eigenvalue weighted by atomic mass is 16.5. The maximum atomic E-state index is 5.18. The molecule has 0 amide bonds. The van der Waals surface area contributed by atoms with Crippen LogP contribution in [0.5, 0.6) is 0 Å². The number of hydrogen-bond donors (Lipinski definition) is 0. The van der Waals surface area contributed by atoms with Gasteiger partial charge in [-0.05, 0) is 5.92 Å². The molecule has 0 aliphatic carbocycles. The summed E-state index contributed by atoms with van der Waals surface area (Å²) in [7, 11) is 0. The molecule has 1 unspecified atom stereocenters. The molecule has 0 bridgehead atoms. The van der Waals surface area contributed by atoms with E-state index in [2.05, 4.69) is 13.8 Å². The minimum absolute atomic E-state index is 0.881. The van der Waals surface area contributed by atoms with Crippen molar-refractivity contribution in [1.29, 1.82) is 0 Å². The van der Waals surface area contributed by atoms with Crippen LogP contribution in [0, 0.1) is 11.8 Å². The van der Waals surface area contributed by atoms with Crippen LogP contribution in [0.3, 0.4) is 0 Å². The number of ether oxygens (including phenoxy) is 1. The highest BCUT2D eigenvalue weighted by Crippen LogP contribution is 2.24. The highest BCUT2D eigenvalue weighted by Gasteiger charge is 2.24. The quantitative estimate of drug-likeness (QED) is 0.556. The van der Waals surface area contributed by atoms with Crippen molar-refractivity contribution < 1.29 is 4.74 Å². The lowest BCUT2D eigenvalue weighted by Crippen LogP contribution is -2.32. The summed E-state index contributed by atoms with van der Waals surface area (Å²) in [5, 5.41) is 0. The zero-order chi connectivity index (χ0) is 8.81. The molecule has 1 heterocycles. The maximum Gasteiger partial charge on any atom is 0.0519 e. The smallest absolute Gasteiger partial charge is 0.0519 e. The lowest BCUT2D eigenvalue weighted by molar-refractivity contribution is -0.0588. The molecule has 0 aromatic rings. The molecule has 0 aromatic carbocycles. The van der Waals surface area contributed by atoms with E-state index in [4.69, 9.17) is 4.74 Å². The van der Waals surface area contributed by atoms with Crippen LogP contribution < -0.4 is 0 Å². The molecular formula is C11H22O. The fourth-order valence-corrected chi connectivity index (χ4v) is 1.71. The van der Waals surface area contributed by atoms with E-state index in [0.29, 0.717) is 0 Å². The van der Waals surface area contributed by atoms with Gasteiger partial charge in [0.2, 0.25) is 0 Å². The Morgan fingerprint density at radius 1 is 1.25 bits per heavy atom. The third kappa shape index (κ3) is 3.14. The summed E-state index contributed by atoms with van der Waals surface area (Å²) in [6.07, 6.45) is 7.02. The number of hydrogen-bond acceptors (Lipinski definition) is 1. The Bertz CT molecular complexity index is 108. The van der Waals surface area contributed by atoms with Crippen LogP contribution in [-0.4, -0.2) is 13.2 Å². The molecule has 12 heavy (non-hydrogen) atoms. The lowest BCUT2D eigenvalue weighted by Gasteiger charge is -2.31. The van der Waals surface area contributed by atoms with Crippen LogP contribution in [0.2, 0.25) is 0 Å². The Kier molecular flexibility index (Phi) is 4.67. The fourth-order valence-electron chi connectivity index (χ4n) is 1.71. The third-order valence-electron chi connectivity index (χ3n) is 2.98. The summed E-state index contributed by atoms with van der Waals surface area (Å²) in [5.41, 5.74) is 0. The zero-order valence-electron chi connectivity index (χ0n) is 8.51. The number of unbranched alkanes of at least 4 members (excludes halogenated alkanes) is 3. The first kappa shape index (κ1) is 10.0. The van der Waals surface area contributed by atoms with Crippen molar-refractivity contribution in [3.05, 3.63) is 0 Å². The van der Waals surface area contributed by atoms with Gasteiger partial charge in [0.15, 0.2) is 0 Å². The van der Waals surface area contributed by atoms with Gasteiger partial charge in [0.25, 0.3) is 0 Å². The molecule has 72 valence electrons. The second kappa shape index (κ2) is 5.58. The van der Waals surface area contributed by atoms with Crippen LogP contribution in [0.15, 0.2) is 0 Å². The molecule has 1 fully saturated rings. The van der Waals surface area contributed by atoms with E-state index < -0.39 is 0 Å². The molecule has 0 spiro atoms. The Morgan fingerprint density at radius 3 is 2.50 bits per heavy atom. The molecule has 0 saturated carbocycles. The largest absolute Gasteiger partial charge is 0.381 e. The SMILES string of the molecule is CCCCCCC(C)C1COC1. The van der Waals surface area contributed by atoms with Gasteiger partial charge in [-0.3, -0.25) is 0 Å². The monoisotopic (exact) mass is 170 g/mol. The van der Waals surface area contributed by atoms with Crippen molar-refractivity contribution in [2.75, 3.05) is 13.2 Å². The second-order valence-corrected chi connectivity index (χ2v) is 4.12. The van der Waals surface area contributed by atoms with Gasteiger partial charge < -0.3 is 4.74 Å². The van der Waals surface area contributed by atoms with Crippen molar-refractivity contribution in [3.8, 4) is 0 Å². The van der Waals surface area contributed by atoms with E-state index in [0.717, 1.165) is 25.0 Å². The lowest BCUT2D eigenvalue weighted by atomic mass is 9.88. The van der Waals surface area contributed by atoms with Gasteiger partial charge in [-0.2, -0.15) is 0 Å². The van der Waals surface area contributed by atoms with Crippen LogP contribution in [0.1, 0.15) is 46.0 Å². The second-order valence-electron chi connectivity index (χ2n) is 4.12. The van der Waals surface area contributed by atoms with Crippen molar-refractivity contribution in [2.45, 2.75) is 46.0 Å². The number of rotatable bonds is 6. The molecule has 1 aliphatic heterocycles. The van der Waals surface area contributed by atoms with Gasteiger partial charge >= 0.3 is 0 Å². The molecule has 1 heteroatoms. The molecule has 0 radical (unpaired) electrons. The van der Waals surface area contributed by atoms with Gasteiger partial charge in [-0.15, -0.1) is 0 Å². The predicted octanol–water partition coefficient (Wildman–Crippen LogP) is 3.24. The Labute approximate surface area is 76.5 Å². The first-order valence-corrected chi connectivity index (χ1v) is 5.42. The van der Waals surface area contributed by atoms with Crippen molar-refractivity contribution in [2.24, 2.45) is 11.8 Å². The van der Waals surface area contributed by atoms with E-state index in [1.54, 1.807) is 0 Å². The van der Waals surface area contributed by atoms with Gasteiger partial charge in [-0.25, -0.2) is 0 Å². The standard InChI is InChI=1S/C11H22O/c1-3-4-5-6-7-10(2)11-8-12-9-11/h10-11H,3-9H2,1-2H3. The van der Waals surface area contributed by atoms with E-state index in [1.165, 1.54) is 32.1 Å². The molecular weight excluding hydrogens is 148 g/mol. The van der Waals surface area contributed by atoms with Gasteiger partial charge in [-0.1, -0.05) is 46.0 Å². The first-order chi connectivity index (χ1) is 5.84. The van der Waals surface area contributed by atoms with Crippen molar-refractivity contribution >= 4 is 0 Å². The van der Waals surface area contributed by atoms with Crippen molar-refractivity contribution in [3.63, 3.8) is 0 Å². The molecule has 1 saturated heterocycles. The Morgan fingerprint density at radius 2 is 2.00 bits per heavy atom. The van der Waals surface area contributed by atoms with E-state index in [9.17, 15) is 0 Å². The molecule has 0 N–H and O–H groups in total. The molecule has 0 aromatic heterocycles. The van der Waals surface area contributed by atoms with E-state index in [1.807, 2.05) is 0 Å². The predicted molar refractivity (Wildman–Crippen MR) is 52.2 cm³/mol. The summed E-state index contributed by atoms with van der Waals surface area (Å²) >= 11 is 0. The van der Waals surface area contributed by atoms with Crippen LogP contribution in [-0.2, 0) is 4.74 Å². The third-order valence-corrected chi connectivity index (χ3v) is 2.98. The maximum absolute atomic E-state index is 5.18. The Balaban J connectivity index is 1.91. The summed E-state index contributed by atoms with van der Waals surface area (Å²) in [5.74, 6) is 1.78. The normalized spacial score (nSPS) is 20.5. The van der Waals surface area contributed by atoms with Gasteiger partial charge in [0.1, 0.15) is 0 Å². The van der Waals surface area contributed by atoms with Crippen LogP contribution in [0.25, 0.3) is 0 Å². The van der Waals surface area contributed by atoms with Crippen LogP contribution >= 0.6 is 0 Å². The molecule has 1 rings (SSSR count). The van der Waals surface area contributed by atoms with E-state index >= 15 is 0 Å². The first-order valence-electron chi connectivity index (χ1n) is 5.42. The zero-order valence-corrected chi connectivity index (χ0v) is 8.51. The molecule has 1 nitrogen and oxygen atoms in total. The minimum Gasteiger partial charge on any atom is -0.381 e. The van der Waals surface area contributed by atoms with Crippen molar-refractivity contribution in [1.82, 2.24) is 0 Å². The van der Waals surface area contributed by atoms with Crippen LogP contribution in [0.4, 0.5) is 0 Å². The average molecular weight is 170 g/mol.